The molecule has 2 aliphatic rings. The molecule has 30 heavy (non-hydrogen) atoms. The molecule has 2 aliphatic heterocycles. The summed E-state index contributed by atoms with van der Waals surface area (Å²) in [5.74, 6) is 0.235. The van der Waals surface area contributed by atoms with Gasteiger partial charge in [0.05, 0.1) is 27.4 Å². The maximum absolute atomic E-state index is 14.4. The summed E-state index contributed by atoms with van der Waals surface area (Å²) in [4.78, 5) is 30.3. The van der Waals surface area contributed by atoms with E-state index in [1.54, 1.807) is 16.2 Å². The van der Waals surface area contributed by atoms with Gasteiger partial charge in [-0.15, -0.1) is 11.3 Å². The molecule has 0 radical (unpaired) electrons. The minimum Gasteiger partial charge on any atom is -0.493 e. The number of hydrogen-bond acceptors (Lipinski definition) is 6. The number of ether oxygens (including phenoxy) is 2. The fourth-order valence-corrected chi connectivity index (χ4v) is 4.65. The number of benzene rings is 2. The van der Waals surface area contributed by atoms with Crippen LogP contribution < -0.4 is 9.47 Å². The van der Waals surface area contributed by atoms with E-state index >= 15 is 0 Å². The topological polar surface area (TPSA) is 68.7 Å². The number of halogens is 1. The smallest absolute Gasteiger partial charge is 0.256 e. The van der Waals surface area contributed by atoms with E-state index in [0.717, 1.165) is 21.0 Å². The van der Waals surface area contributed by atoms with Crippen LogP contribution in [0.1, 0.15) is 20.9 Å². The van der Waals surface area contributed by atoms with Crippen LogP contribution in [0.15, 0.2) is 30.3 Å². The lowest BCUT2D eigenvalue weighted by Crippen LogP contribution is -2.52. The van der Waals surface area contributed by atoms with Crippen LogP contribution in [-0.2, 0) is 11.2 Å². The van der Waals surface area contributed by atoms with Crippen LogP contribution in [0.4, 0.5) is 4.39 Å². The Morgan fingerprint density at radius 2 is 2.17 bits per heavy atom. The summed E-state index contributed by atoms with van der Waals surface area (Å²) in [5, 5.41) is 1.01. The lowest BCUT2D eigenvalue weighted by atomic mass is 9.97. The highest BCUT2D eigenvalue weighted by molar-refractivity contribution is 7.18. The summed E-state index contributed by atoms with van der Waals surface area (Å²) in [5.41, 5.74) is 1.51. The van der Waals surface area contributed by atoms with Crippen LogP contribution in [0.5, 0.6) is 11.5 Å². The number of carbonyl (C=O) groups excluding carboxylic acids is 2. The molecular weight excluding hydrogens is 407 g/mol. The van der Waals surface area contributed by atoms with E-state index in [1.807, 2.05) is 25.1 Å². The lowest BCUT2D eigenvalue weighted by molar-refractivity contribution is -0.121. The molecule has 3 aromatic rings. The summed E-state index contributed by atoms with van der Waals surface area (Å²) in [6.45, 7) is 3.42. The number of aryl methyl sites for hydroxylation is 1. The first-order chi connectivity index (χ1) is 14.5. The van der Waals surface area contributed by atoms with E-state index in [2.05, 4.69) is 4.98 Å². The zero-order valence-electron chi connectivity index (χ0n) is 16.3. The Morgan fingerprint density at radius 1 is 1.33 bits per heavy atom. The Kier molecular flexibility index (Phi) is 4.66. The number of carbonyl (C=O) groups is 2. The van der Waals surface area contributed by atoms with Gasteiger partial charge in [-0.25, -0.2) is 9.37 Å². The number of hydrogen-bond donors (Lipinski definition) is 0. The molecule has 2 aromatic carbocycles. The molecule has 0 aliphatic carbocycles. The molecule has 0 spiro atoms. The zero-order valence-corrected chi connectivity index (χ0v) is 17.1. The van der Waals surface area contributed by atoms with Gasteiger partial charge < -0.3 is 14.4 Å². The largest absolute Gasteiger partial charge is 0.493 e. The summed E-state index contributed by atoms with van der Waals surface area (Å²) >= 11 is 1.62. The number of rotatable bonds is 4. The molecule has 0 bridgehead atoms. The van der Waals surface area contributed by atoms with E-state index in [0.29, 0.717) is 31.0 Å². The second kappa shape index (κ2) is 7.36. The van der Waals surface area contributed by atoms with Gasteiger partial charge >= 0.3 is 0 Å². The van der Waals surface area contributed by atoms with Gasteiger partial charge in [-0.05, 0) is 31.2 Å². The van der Waals surface area contributed by atoms with E-state index in [4.69, 9.17) is 9.47 Å². The number of amides is 1. The third kappa shape index (κ3) is 3.52. The standard InChI is InChI=1S/C22H19FN2O4S/c1-12-24-19-3-2-16(6-21(19)30-12)28-10-13-8-25(9-13)22(27)17-5-14-4-15(26)11-29-20(14)7-18(17)23/h2-3,5-7,13H,4,8-11H2,1H3. The van der Waals surface area contributed by atoms with Crippen molar-refractivity contribution in [3.63, 3.8) is 0 Å². The molecule has 0 N–H and O–H groups in total. The summed E-state index contributed by atoms with van der Waals surface area (Å²) in [7, 11) is 0. The number of Topliss-reactive ketones (excluding diaryl/α,β-unsaturated/α-hetero) is 1. The van der Waals surface area contributed by atoms with E-state index in [1.165, 1.54) is 12.1 Å². The number of likely N-dealkylation sites (tertiary alicyclic amines) is 1. The average Bonchev–Trinajstić information content (AvgIpc) is 3.05. The van der Waals surface area contributed by atoms with Crippen molar-refractivity contribution in [3.05, 3.63) is 52.3 Å². The molecule has 1 aromatic heterocycles. The predicted molar refractivity (Wildman–Crippen MR) is 110 cm³/mol. The number of ketones is 1. The monoisotopic (exact) mass is 426 g/mol. The number of fused-ring (bicyclic) bond motifs is 2. The first kappa shape index (κ1) is 19.0. The van der Waals surface area contributed by atoms with Crippen LogP contribution in [-0.4, -0.2) is 47.9 Å². The maximum atomic E-state index is 14.4. The summed E-state index contributed by atoms with van der Waals surface area (Å²) < 4.78 is 26.6. The van der Waals surface area contributed by atoms with Crippen molar-refractivity contribution < 1.29 is 23.5 Å². The Morgan fingerprint density at radius 3 is 3.00 bits per heavy atom. The number of nitrogens with zero attached hydrogens (tertiary/aromatic N) is 2. The Balaban J connectivity index is 1.19. The summed E-state index contributed by atoms with van der Waals surface area (Å²) in [6, 6.07) is 8.47. The third-order valence-electron chi connectivity index (χ3n) is 5.35. The fourth-order valence-electron chi connectivity index (χ4n) is 3.79. The number of thiazole rings is 1. The molecular formula is C22H19FN2O4S. The van der Waals surface area contributed by atoms with E-state index < -0.39 is 5.82 Å². The van der Waals surface area contributed by atoms with Crippen molar-refractivity contribution in [1.29, 1.82) is 0 Å². The van der Waals surface area contributed by atoms with Crippen molar-refractivity contribution in [3.8, 4) is 11.5 Å². The number of aromatic nitrogens is 1. The molecule has 3 heterocycles. The quantitative estimate of drug-likeness (QED) is 0.640. The second-order valence-electron chi connectivity index (χ2n) is 7.69. The molecule has 154 valence electrons. The van der Waals surface area contributed by atoms with Crippen LogP contribution in [0.25, 0.3) is 10.2 Å². The van der Waals surface area contributed by atoms with Crippen molar-refractivity contribution in [1.82, 2.24) is 9.88 Å². The van der Waals surface area contributed by atoms with Gasteiger partial charge in [-0.3, -0.25) is 9.59 Å². The van der Waals surface area contributed by atoms with Gasteiger partial charge in [-0.2, -0.15) is 0 Å². The van der Waals surface area contributed by atoms with Crippen LogP contribution in [0.3, 0.4) is 0 Å². The van der Waals surface area contributed by atoms with Gasteiger partial charge in [0, 0.05) is 37.1 Å². The molecule has 8 heteroatoms. The molecule has 5 rings (SSSR count). The molecule has 0 saturated carbocycles. The van der Waals surface area contributed by atoms with Crippen molar-refractivity contribution in [2.45, 2.75) is 13.3 Å². The highest BCUT2D eigenvalue weighted by atomic mass is 32.1. The van der Waals surface area contributed by atoms with Crippen molar-refractivity contribution >= 4 is 33.2 Å². The van der Waals surface area contributed by atoms with Crippen LogP contribution >= 0.6 is 11.3 Å². The third-order valence-corrected chi connectivity index (χ3v) is 6.29. The average molecular weight is 426 g/mol. The highest BCUT2D eigenvalue weighted by Gasteiger charge is 2.33. The molecule has 6 nitrogen and oxygen atoms in total. The van der Waals surface area contributed by atoms with Gasteiger partial charge in [0.1, 0.15) is 23.9 Å². The minimum absolute atomic E-state index is 0.0163. The first-order valence-corrected chi connectivity index (χ1v) is 10.5. The highest BCUT2D eigenvalue weighted by Crippen LogP contribution is 2.30. The predicted octanol–water partition coefficient (Wildman–Crippen LogP) is 3.40. The summed E-state index contributed by atoms with van der Waals surface area (Å²) in [6.07, 6.45) is 0.163. The lowest BCUT2D eigenvalue weighted by Gasteiger charge is -2.39. The second-order valence-corrected chi connectivity index (χ2v) is 8.93. The fraction of sp³-hybridized carbons (Fsp3) is 0.318. The van der Waals surface area contributed by atoms with Crippen LogP contribution in [0, 0.1) is 18.7 Å². The minimum atomic E-state index is -0.624. The van der Waals surface area contributed by atoms with Gasteiger partial charge in [0.2, 0.25) is 0 Å². The molecule has 0 atom stereocenters. The van der Waals surface area contributed by atoms with Gasteiger partial charge in [0.15, 0.2) is 5.78 Å². The van der Waals surface area contributed by atoms with E-state index in [9.17, 15) is 14.0 Å². The Labute approximate surface area is 176 Å². The van der Waals surface area contributed by atoms with Crippen molar-refractivity contribution in [2.24, 2.45) is 5.92 Å². The first-order valence-electron chi connectivity index (χ1n) is 9.72. The Bertz CT molecular complexity index is 1170. The Hall–Kier alpha value is -3.00. The van der Waals surface area contributed by atoms with Gasteiger partial charge in [-0.1, -0.05) is 0 Å². The SMILES string of the molecule is Cc1nc2ccc(OCC3CN(C(=O)c4cc5c(cc4F)OCC(=O)C5)C3)cc2s1. The van der Waals surface area contributed by atoms with E-state index in [-0.39, 0.29) is 36.2 Å². The van der Waals surface area contributed by atoms with Crippen LogP contribution in [0.2, 0.25) is 0 Å². The van der Waals surface area contributed by atoms with Crippen molar-refractivity contribution in [2.75, 3.05) is 26.3 Å². The zero-order chi connectivity index (χ0) is 20.8. The normalized spacial score (nSPS) is 16.2. The molecule has 1 saturated heterocycles. The molecule has 1 amide bonds. The molecule has 1 fully saturated rings. The maximum Gasteiger partial charge on any atom is 0.256 e. The van der Waals surface area contributed by atoms with Gasteiger partial charge in [0.25, 0.3) is 5.91 Å². The molecule has 0 unspecified atom stereocenters.